The molecule has 1 saturated heterocycles. The highest BCUT2D eigenvalue weighted by molar-refractivity contribution is 5.81. The Morgan fingerprint density at radius 2 is 2.23 bits per heavy atom. The van der Waals surface area contributed by atoms with Gasteiger partial charge in [-0.25, -0.2) is 0 Å². The van der Waals surface area contributed by atoms with Crippen LogP contribution in [0.3, 0.4) is 0 Å². The van der Waals surface area contributed by atoms with Gasteiger partial charge >= 0.3 is 0 Å². The highest BCUT2D eigenvalue weighted by Crippen LogP contribution is 2.23. The summed E-state index contributed by atoms with van der Waals surface area (Å²) in [6.45, 7) is 1.21. The lowest BCUT2D eigenvalue weighted by Gasteiger charge is -2.21. The number of nitrogens with zero attached hydrogens (tertiary/aromatic N) is 2. The number of rotatable bonds is 4. The van der Waals surface area contributed by atoms with Gasteiger partial charge in [0, 0.05) is 31.3 Å². The fraction of sp³-hybridized carbons (Fsp3) is 0.375. The number of likely N-dealkylation sites (N-methyl/N-ethyl adjacent to an activating group) is 1. The van der Waals surface area contributed by atoms with E-state index in [0.29, 0.717) is 19.5 Å². The summed E-state index contributed by atoms with van der Waals surface area (Å²) in [7, 11) is 1.65. The van der Waals surface area contributed by atoms with Crippen molar-refractivity contribution in [1.82, 2.24) is 15.4 Å². The van der Waals surface area contributed by atoms with Gasteiger partial charge in [0.25, 0.3) is 0 Å². The number of hydrogen-bond donors (Lipinski definition) is 2. The summed E-state index contributed by atoms with van der Waals surface area (Å²) in [5, 5.41) is 6.80. The lowest BCUT2D eigenvalue weighted by atomic mass is 10.1. The number of nitrogens with two attached hydrogens (primary N) is 1. The van der Waals surface area contributed by atoms with Crippen molar-refractivity contribution in [2.45, 2.75) is 25.0 Å². The number of carbonyl (C=O) groups excluding carboxylic acids is 1. The average molecular weight is 300 g/mol. The first-order valence-corrected chi connectivity index (χ1v) is 7.39. The average Bonchev–Trinajstić information content (AvgIpc) is 3.14. The normalized spacial score (nSPS) is 21.9. The molecule has 1 aromatic heterocycles. The maximum absolute atomic E-state index is 11.9. The number of benzene rings is 1. The Labute approximate surface area is 129 Å². The van der Waals surface area contributed by atoms with Gasteiger partial charge in [0.1, 0.15) is 5.69 Å². The molecule has 0 unspecified atom stereocenters. The van der Waals surface area contributed by atoms with Crippen LogP contribution < -0.4 is 11.1 Å². The van der Waals surface area contributed by atoms with E-state index in [0.717, 1.165) is 17.0 Å². The zero-order valence-corrected chi connectivity index (χ0v) is 12.5. The Morgan fingerprint density at radius 1 is 1.45 bits per heavy atom. The Kier molecular flexibility index (Phi) is 4.22. The molecule has 2 atom stereocenters. The lowest BCUT2D eigenvalue weighted by Crippen LogP contribution is -2.41. The van der Waals surface area contributed by atoms with Crippen molar-refractivity contribution in [3.8, 4) is 11.3 Å². The summed E-state index contributed by atoms with van der Waals surface area (Å²) >= 11 is 0. The lowest BCUT2D eigenvalue weighted by molar-refractivity contribution is -0.125. The first kappa shape index (κ1) is 14.7. The topological polar surface area (TPSA) is 84.4 Å². The molecule has 0 aliphatic carbocycles. The molecule has 0 bridgehead atoms. The van der Waals surface area contributed by atoms with Crippen LogP contribution in [0, 0.1) is 0 Å². The molecule has 6 nitrogen and oxygen atoms in total. The van der Waals surface area contributed by atoms with Crippen LogP contribution in [-0.2, 0) is 11.3 Å². The van der Waals surface area contributed by atoms with Gasteiger partial charge in [-0.05, 0) is 6.42 Å². The molecule has 1 aliphatic heterocycles. The predicted molar refractivity (Wildman–Crippen MR) is 82.8 cm³/mol. The van der Waals surface area contributed by atoms with Crippen molar-refractivity contribution < 1.29 is 9.32 Å². The van der Waals surface area contributed by atoms with Crippen LogP contribution in [0.2, 0.25) is 0 Å². The van der Waals surface area contributed by atoms with Crippen LogP contribution in [0.25, 0.3) is 11.3 Å². The van der Waals surface area contributed by atoms with E-state index in [1.165, 1.54) is 0 Å². The molecule has 3 rings (SSSR count). The third kappa shape index (κ3) is 3.03. The van der Waals surface area contributed by atoms with Crippen LogP contribution in [-0.4, -0.2) is 41.6 Å². The smallest absolute Gasteiger partial charge is 0.237 e. The molecule has 1 amide bonds. The molecule has 22 heavy (non-hydrogen) atoms. The van der Waals surface area contributed by atoms with E-state index in [-0.39, 0.29) is 18.0 Å². The van der Waals surface area contributed by atoms with E-state index >= 15 is 0 Å². The van der Waals surface area contributed by atoms with E-state index in [9.17, 15) is 4.79 Å². The van der Waals surface area contributed by atoms with Crippen molar-refractivity contribution in [3.05, 3.63) is 42.2 Å². The molecule has 6 heteroatoms. The van der Waals surface area contributed by atoms with Gasteiger partial charge in [0.2, 0.25) is 5.91 Å². The Hall–Kier alpha value is -2.18. The summed E-state index contributed by atoms with van der Waals surface area (Å²) in [6.07, 6.45) is 0.666. The molecule has 3 N–H and O–H groups in total. The summed E-state index contributed by atoms with van der Waals surface area (Å²) in [4.78, 5) is 14.0. The molecular formula is C16H20N4O2. The monoisotopic (exact) mass is 300 g/mol. The minimum Gasteiger partial charge on any atom is -0.359 e. The van der Waals surface area contributed by atoms with Gasteiger partial charge in [-0.1, -0.05) is 35.5 Å². The number of amides is 1. The van der Waals surface area contributed by atoms with Crippen molar-refractivity contribution in [3.63, 3.8) is 0 Å². The van der Waals surface area contributed by atoms with E-state index in [1.807, 2.05) is 41.3 Å². The Bertz CT molecular complexity index is 641. The molecule has 1 fully saturated rings. The second kappa shape index (κ2) is 6.29. The van der Waals surface area contributed by atoms with Crippen LogP contribution in [0.5, 0.6) is 0 Å². The fourth-order valence-corrected chi connectivity index (χ4v) is 2.89. The zero-order valence-electron chi connectivity index (χ0n) is 12.5. The number of carbonyl (C=O) groups is 1. The van der Waals surface area contributed by atoms with Crippen molar-refractivity contribution >= 4 is 5.91 Å². The number of hydrogen-bond acceptors (Lipinski definition) is 5. The van der Waals surface area contributed by atoms with Gasteiger partial charge in [-0.3, -0.25) is 9.69 Å². The molecule has 116 valence electrons. The van der Waals surface area contributed by atoms with Gasteiger partial charge in [0.05, 0.1) is 12.6 Å². The van der Waals surface area contributed by atoms with Crippen molar-refractivity contribution in [2.24, 2.45) is 5.73 Å². The molecule has 2 heterocycles. The van der Waals surface area contributed by atoms with Crippen LogP contribution in [0.1, 0.15) is 12.2 Å². The quantitative estimate of drug-likeness (QED) is 0.879. The van der Waals surface area contributed by atoms with Gasteiger partial charge < -0.3 is 15.6 Å². The summed E-state index contributed by atoms with van der Waals surface area (Å²) in [5.41, 5.74) is 7.80. The third-order valence-corrected chi connectivity index (χ3v) is 3.97. The minimum absolute atomic E-state index is 0.00394. The Morgan fingerprint density at radius 3 is 2.95 bits per heavy atom. The van der Waals surface area contributed by atoms with Gasteiger partial charge in [-0.2, -0.15) is 0 Å². The number of nitrogens with one attached hydrogen (secondary N) is 1. The van der Waals surface area contributed by atoms with E-state index in [2.05, 4.69) is 10.5 Å². The predicted octanol–water partition coefficient (Wildman–Crippen LogP) is 0.989. The van der Waals surface area contributed by atoms with E-state index in [1.54, 1.807) is 7.05 Å². The summed E-state index contributed by atoms with van der Waals surface area (Å²) in [5.74, 6) is 0.734. The highest BCUT2D eigenvalue weighted by Gasteiger charge is 2.35. The third-order valence-electron chi connectivity index (χ3n) is 3.97. The molecular weight excluding hydrogens is 280 g/mol. The molecule has 2 aromatic rings. The first-order valence-electron chi connectivity index (χ1n) is 7.39. The molecule has 0 saturated carbocycles. The Balaban J connectivity index is 1.73. The largest absolute Gasteiger partial charge is 0.359 e. The summed E-state index contributed by atoms with van der Waals surface area (Å²) in [6, 6.07) is 11.6. The van der Waals surface area contributed by atoms with Crippen LogP contribution >= 0.6 is 0 Å². The second-order valence-corrected chi connectivity index (χ2v) is 5.60. The standard InChI is InChI=1S/C16H20N4O2/c1-18-16(21)15-7-12(17)9-20(15)10-13-8-14(19-22-13)11-5-3-2-4-6-11/h2-6,8,12,15H,7,9-10,17H2,1H3,(H,18,21)/t12-,15+/m1/s1. The maximum Gasteiger partial charge on any atom is 0.237 e. The molecule has 0 radical (unpaired) electrons. The highest BCUT2D eigenvalue weighted by atomic mass is 16.5. The SMILES string of the molecule is CNC(=O)[C@@H]1C[C@@H](N)CN1Cc1cc(-c2ccccc2)no1. The number of aromatic nitrogens is 1. The van der Waals surface area contributed by atoms with Crippen molar-refractivity contribution in [2.75, 3.05) is 13.6 Å². The van der Waals surface area contributed by atoms with Gasteiger partial charge in [0.15, 0.2) is 5.76 Å². The molecule has 1 aromatic carbocycles. The van der Waals surface area contributed by atoms with E-state index in [4.69, 9.17) is 10.3 Å². The zero-order chi connectivity index (χ0) is 15.5. The number of likely N-dealkylation sites (tertiary alicyclic amines) is 1. The van der Waals surface area contributed by atoms with E-state index < -0.39 is 0 Å². The van der Waals surface area contributed by atoms with Crippen LogP contribution in [0.15, 0.2) is 40.9 Å². The van der Waals surface area contributed by atoms with Gasteiger partial charge in [-0.15, -0.1) is 0 Å². The summed E-state index contributed by atoms with van der Waals surface area (Å²) < 4.78 is 5.41. The maximum atomic E-state index is 11.9. The minimum atomic E-state index is -0.203. The first-order chi connectivity index (χ1) is 10.7. The second-order valence-electron chi connectivity index (χ2n) is 5.60. The fourth-order valence-electron chi connectivity index (χ4n) is 2.89. The van der Waals surface area contributed by atoms with Crippen molar-refractivity contribution in [1.29, 1.82) is 0 Å². The van der Waals surface area contributed by atoms with Crippen LogP contribution in [0.4, 0.5) is 0 Å². The molecule has 0 spiro atoms. The molecule has 1 aliphatic rings.